The van der Waals surface area contributed by atoms with Crippen molar-refractivity contribution >= 4 is 92.5 Å². The monoisotopic (exact) mass is 1720 g/mol. The van der Waals surface area contributed by atoms with Gasteiger partial charge in [-0.1, -0.05) is 41.5 Å². The van der Waals surface area contributed by atoms with E-state index in [1.54, 1.807) is 62.3 Å². The molecule has 6 fully saturated rings. The van der Waals surface area contributed by atoms with Gasteiger partial charge in [0.25, 0.3) is 0 Å². The Labute approximate surface area is 669 Å². The number of nitrogens with zero attached hydrogens (tertiary/aromatic N) is 12. The van der Waals surface area contributed by atoms with Crippen LogP contribution in [-0.2, 0) is 83.0 Å². The Kier molecular flexibility index (Phi) is 29.1. The summed E-state index contributed by atoms with van der Waals surface area (Å²) >= 11 is 0. The highest BCUT2D eigenvalue weighted by atomic mass is 31.2. The number of imidazole rings is 3. The zero-order valence-corrected chi connectivity index (χ0v) is 69.1. The van der Waals surface area contributed by atoms with Crippen LogP contribution in [0.3, 0.4) is 0 Å². The van der Waals surface area contributed by atoms with Gasteiger partial charge in [-0.3, -0.25) is 68.8 Å². The van der Waals surface area contributed by atoms with Gasteiger partial charge in [0, 0.05) is 35.9 Å². The fraction of sp³-hybridized carbons (Fsp3) is 0.727. The number of aliphatic hydroxyl groups is 9. The van der Waals surface area contributed by atoms with E-state index in [0.717, 1.165) is 0 Å². The van der Waals surface area contributed by atoms with Gasteiger partial charge in [-0.2, -0.15) is 29.9 Å². The second-order valence-electron chi connectivity index (χ2n) is 30.6. The normalized spacial score (nSPS) is 29.8. The van der Waals surface area contributed by atoms with Gasteiger partial charge in [0.15, 0.2) is 52.2 Å². The molecule has 6 aliphatic rings. The van der Waals surface area contributed by atoms with E-state index in [-0.39, 0.29) is 151 Å². The Balaban J connectivity index is 0.000000185. The number of nitrogens with two attached hydrogens (primary N) is 3. The molecule has 3 amide bonds. The number of aromatic nitrogens is 12. The van der Waals surface area contributed by atoms with E-state index in [2.05, 4.69) is 60.8 Å². The fourth-order valence-electron chi connectivity index (χ4n) is 12.8. The molecule has 48 nitrogen and oxygen atoms in total. The topological polar surface area (TPSA) is 668 Å². The lowest BCUT2D eigenvalue weighted by atomic mass is 9.87. The molecule has 0 bridgehead atoms. The summed E-state index contributed by atoms with van der Waals surface area (Å²) in [5.74, 6) is -1.53. The lowest BCUT2D eigenvalue weighted by molar-refractivity contribution is -0.137. The van der Waals surface area contributed by atoms with Crippen molar-refractivity contribution in [3.63, 3.8) is 0 Å². The second kappa shape index (κ2) is 37.0. The number of carbonyl (C=O) groups is 3. The van der Waals surface area contributed by atoms with Crippen LogP contribution >= 0.6 is 23.5 Å². The van der Waals surface area contributed by atoms with Gasteiger partial charge in [0.2, 0.25) is 53.2 Å². The molecule has 1 unspecified atom stereocenters. The van der Waals surface area contributed by atoms with Crippen molar-refractivity contribution in [1.29, 1.82) is 0 Å². The third kappa shape index (κ3) is 20.2. The first-order valence-corrected chi connectivity index (χ1v) is 41.8. The first-order chi connectivity index (χ1) is 55.0. The predicted molar refractivity (Wildman–Crippen MR) is 403 cm³/mol. The molecule has 117 heavy (non-hydrogen) atoms. The third-order valence-corrected chi connectivity index (χ3v) is 24.0. The average Bonchev–Trinajstić information content (AvgIpc) is 1.59. The zero-order valence-electron chi connectivity index (χ0n) is 66.4. The molecule has 18 atom stereocenters. The summed E-state index contributed by atoms with van der Waals surface area (Å²) in [5.41, 5.74) is 11.1. The van der Waals surface area contributed by atoms with Gasteiger partial charge in [0.1, 0.15) is 71.7 Å². The highest BCUT2D eigenvalue weighted by Crippen LogP contribution is 2.62. The molecular formula is C66H105N18O30P3. The molecule has 6 aromatic rings. The van der Waals surface area contributed by atoms with Crippen molar-refractivity contribution in [3.05, 3.63) is 19.0 Å². The maximum absolute atomic E-state index is 13.1. The van der Waals surface area contributed by atoms with E-state index in [1.165, 1.54) is 53.5 Å². The summed E-state index contributed by atoms with van der Waals surface area (Å²) < 4.78 is 127. The Morgan fingerprint density at radius 2 is 0.726 bits per heavy atom. The van der Waals surface area contributed by atoms with Crippen molar-refractivity contribution in [2.24, 2.45) is 16.2 Å². The number of fused-ring (bicyclic) bond motifs is 6. The molecule has 18 N–H and O–H groups in total. The van der Waals surface area contributed by atoms with Crippen molar-refractivity contribution in [3.8, 4) is 17.6 Å². The van der Waals surface area contributed by atoms with Gasteiger partial charge in [-0.25, -0.2) is 28.6 Å². The predicted octanol–water partition coefficient (Wildman–Crippen LogP) is -0.356. The minimum Gasteiger partial charge on any atom is -0.476 e. The van der Waals surface area contributed by atoms with Crippen LogP contribution in [0.25, 0.3) is 33.5 Å². The van der Waals surface area contributed by atoms with E-state index in [0.29, 0.717) is 36.4 Å². The summed E-state index contributed by atoms with van der Waals surface area (Å²) in [6.07, 6.45) is -8.07. The summed E-state index contributed by atoms with van der Waals surface area (Å²) in [5, 5.41) is 99.9. The summed E-state index contributed by atoms with van der Waals surface area (Å²) in [7, 11) is -12.2. The number of phosphoric acid groups is 3. The van der Waals surface area contributed by atoms with Gasteiger partial charge >= 0.3 is 23.5 Å². The number of nitrogens with one attached hydrogen (secondary N) is 3. The minimum atomic E-state index is -4.08. The SMILES string of the molecule is CCOc1nc(N)nc2c1ncn2[C@@H]1O[C@@H]2COP(=O)(OCCCNC(=O)[C@@H](O)C(C)(C)CO)O[C@H]2[C@@]1(C)O.CCOc1nc(N)nc2c1ncn2[C@@H]1O[C@@H]2CO[P@@](=O)(OCCCNC(=O)[C@@H](O)C(C)(C)CO)O[C@H]2[C@@]1(C)O.CCOc1nc(N)nc2c1ncn2[C@@H]1O[C@@H]2CO[P@](=O)(OCCCNC(=O)[C@@H](O)C(C)(C)CO)O[C@H]2[C@@]1(C)O. The molecular weight excluding hydrogens is 1620 g/mol. The maximum Gasteiger partial charge on any atom is 0.475 e. The number of phosphoric ester groups is 3. The van der Waals surface area contributed by atoms with Crippen molar-refractivity contribution in [1.82, 2.24) is 74.5 Å². The Morgan fingerprint density at radius 1 is 0.479 bits per heavy atom. The maximum atomic E-state index is 13.1. The average molecular weight is 1720 g/mol. The van der Waals surface area contributed by atoms with Crippen LogP contribution < -0.4 is 47.4 Å². The lowest BCUT2D eigenvalue weighted by Gasteiger charge is -2.35. The van der Waals surface area contributed by atoms with Crippen LogP contribution in [0.1, 0.15) is 121 Å². The van der Waals surface area contributed by atoms with Gasteiger partial charge in [-0.05, 0) is 60.8 Å². The third-order valence-electron chi connectivity index (χ3n) is 19.7. The van der Waals surface area contributed by atoms with Crippen molar-refractivity contribution in [2.75, 3.05) is 116 Å². The van der Waals surface area contributed by atoms with Gasteiger partial charge < -0.3 is 108 Å². The number of hydrogen-bond donors (Lipinski definition) is 15. The van der Waals surface area contributed by atoms with Crippen LogP contribution in [0, 0.1) is 16.2 Å². The highest BCUT2D eigenvalue weighted by molar-refractivity contribution is 7.49. The first kappa shape index (κ1) is 92.0. The second-order valence-corrected chi connectivity index (χ2v) is 35.4. The molecule has 6 aliphatic heterocycles. The summed E-state index contributed by atoms with van der Waals surface area (Å²) in [6, 6.07) is 0. The smallest absolute Gasteiger partial charge is 0.475 e. The number of carbonyl (C=O) groups excluding carboxylic acids is 3. The number of hydrogen-bond acceptors (Lipinski definition) is 42. The Morgan fingerprint density at radius 3 is 0.957 bits per heavy atom. The molecule has 0 spiro atoms. The number of aliphatic hydroxyl groups excluding tert-OH is 6. The molecule has 6 saturated heterocycles. The van der Waals surface area contributed by atoms with Crippen molar-refractivity contribution < 1.29 is 143 Å². The lowest BCUT2D eigenvalue weighted by Crippen LogP contribution is -2.47. The van der Waals surface area contributed by atoms with Crippen LogP contribution in [0.4, 0.5) is 17.8 Å². The molecule has 0 aromatic carbocycles. The first-order valence-electron chi connectivity index (χ1n) is 37.4. The minimum absolute atomic E-state index is 0.0527. The molecule has 51 heteroatoms. The largest absolute Gasteiger partial charge is 0.476 e. The molecule has 6 aromatic heterocycles. The molecule has 654 valence electrons. The van der Waals surface area contributed by atoms with Crippen LogP contribution in [-0.4, -0.2) is 293 Å². The number of nitrogen functional groups attached to an aromatic ring is 3. The molecule has 12 heterocycles. The van der Waals surface area contributed by atoms with Gasteiger partial charge in [-0.15, -0.1) is 0 Å². The number of anilines is 3. The summed E-state index contributed by atoms with van der Waals surface area (Å²) in [4.78, 5) is 73.9. The highest BCUT2D eigenvalue weighted by Gasteiger charge is 2.63. The van der Waals surface area contributed by atoms with Crippen LogP contribution in [0.15, 0.2) is 19.0 Å². The number of ether oxygens (including phenoxy) is 6. The zero-order chi connectivity index (χ0) is 85.8. The van der Waals surface area contributed by atoms with Crippen LogP contribution in [0.5, 0.6) is 17.6 Å². The number of amides is 3. The molecule has 0 aliphatic carbocycles. The Bertz CT molecular complexity index is 4170. The van der Waals surface area contributed by atoms with E-state index in [1.807, 2.05) is 0 Å². The van der Waals surface area contributed by atoms with E-state index in [9.17, 15) is 74.0 Å². The molecule has 12 rings (SSSR count). The van der Waals surface area contributed by atoms with E-state index < -0.39 is 148 Å². The van der Waals surface area contributed by atoms with E-state index >= 15 is 0 Å². The number of rotatable bonds is 33. The van der Waals surface area contributed by atoms with E-state index in [4.69, 9.17) is 86.3 Å². The van der Waals surface area contributed by atoms with Crippen LogP contribution in [0.2, 0.25) is 0 Å². The Hall–Kier alpha value is -7.29. The molecule has 0 saturated carbocycles. The van der Waals surface area contributed by atoms with Crippen molar-refractivity contribution in [2.45, 2.75) is 193 Å². The molecule has 0 radical (unpaired) electrons. The standard InChI is InChI=1S/3C22H35N6O10P/c3*1-5-34-18-13-16(26-20(23)27-18)28(11-25-13)19-22(4,32)15-12(37-19)9-36-39(33,38-15)35-8-6-7-24-17(31)14(30)21(2,3)10-29/h3*11-12,14-15,19,29-30,32H,5-10H2,1-4H3,(H,24,31)(H2,23,26,27)/t12-,14-,15-,19-,22-,39?;12-,14-,15-,19-,22-,39+;12-,14-,15-,19-,22-,39-/m111/s1. The summed E-state index contributed by atoms with van der Waals surface area (Å²) in [6.45, 7) is 18.4. The fourth-order valence-corrected chi connectivity index (χ4v) is 17.3. The van der Waals surface area contributed by atoms with Gasteiger partial charge in [0.05, 0.1) is 98.3 Å². The quantitative estimate of drug-likeness (QED) is 0.0185.